The van der Waals surface area contributed by atoms with Gasteiger partial charge in [0.15, 0.2) is 0 Å². The Morgan fingerprint density at radius 1 is 1.10 bits per heavy atom. The number of rotatable bonds is 3. The average molecular weight is 274 g/mol. The zero-order valence-electron chi connectivity index (χ0n) is 11.4. The molecule has 4 heteroatoms. The highest BCUT2D eigenvalue weighted by atomic mass is 15.3. The minimum Gasteiger partial charge on any atom is -0.399 e. The second kappa shape index (κ2) is 5.51. The summed E-state index contributed by atoms with van der Waals surface area (Å²) < 4.78 is 1.87. The molecule has 3 aromatic rings. The van der Waals surface area contributed by atoms with Crippen LogP contribution in [0.3, 0.4) is 0 Å². The molecule has 102 valence electrons. The van der Waals surface area contributed by atoms with Gasteiger partial charge < -0.3 is 5.73 Å². The smallest absolute Gasteiger partial charge is 0.0991 e. The Morgan fingerprint density at radius 3 is 2.62 bits per heavy atom. The molecule has 0 aliphatic heterocycles. The Bertz CT molecular complexity index is 794. The summed E-state index contributed by atoms with van der Waals surface area (Å²) in [5.41, 5.74) is 10.4. The van der Waals surface area contributed by atoms with Crippen molar-refractivity contribution in [1.29, 1.82) is 5.26 Å². The Labute approximate surface area is 123 Å². The van der Waals surface area contributed by atoms with Crippen molar-refractivity contribution in [2.45, 2.75) is 6.54 Å². The SMILES string of the molecule is N#Cc1ccc(Cn2cc(-c3cccc(N)c3)cn2)cc1. The van der Waals surface area contributed by atoms with E-state index in [-0.39, 0.29) is 0 Å². The Morgan fingerprint density at radius 2 is 1.90 bits per heavy atom. The number of benzene rings is 2. The third kappa shape index (κ3) is 2.93. The Kier molecular flexibility index (Phi) is 3.40. The molecule has 0 atom stereocenters. The lowest BCUT2D eigenvalue weighted by Gasteiger charge is -2.02. The number of nitriles is 1. The van der Waals surface area contributed by atoms with Crippen molar-refractivity contribution in [3.8, 4) is 17.2 Å². The first-order valence-electron chi connectivity index (χ1n) is 6.62. The summed E-state index contributed by atoms with van der Waals surface area (Å²) in [4.78, 5) is 0. The number of nitrogen functional groups attached to an aromatic ring is 1. The summed E-state index contributed by atoms with van der Waals surface area (Å²) in [7, 11) is 0. The molecule has 21 heavy (non-hydrogen) atoms. The van der Waals surface area contributed by atoms with Gasteiger partial charge in [0, 0.05) is 17.4 Å². The summed E-state index contributed by atoms with van der Waals surface area (Å²) >= 11 is 0. The normalized spacial score (nSPS) is 10.2. The van der Waals surface area contributed by atoms with Crippen LogP contribution in [0, 0.1) is 11.3 Å². The molecule has 0 aliphatic carbocycles. The molecule has 0 unspecified atom stereocenters. The van der Waals surface area contributed by atoms with Gasteiger partial charge in [-0.1, -0.05) is 24.3 Å². The maximum atomic E-state index is 8.79. The van der Waals surface area contributed by atoms with E-state index >= 15 is 0 Å². The number of nitrogens with zero attached hydrogens (tertiary/aromatic N) is 3. The molecule has 0 radical (unpaired) electrons. The van der Waals surface area contributed by atoms with Crippen LogP contribution < -0.4 is 5.73 Å². The number of hydrogen-bond donors (Lipinski definition) is 1. The Balaban J connectivity index is 1.80. The minimum absolute atomic E-state index is 0.666. The summed E-state index contributed by atoms with van der Waals surface area (Å²) in [5.74, 6) is 0. The molecule has 0 aliphatic rings. The molecule has 0 amide bonds. The van der Waals surface area contributed by atoms with Gasteiger partial charge in [0.05, 0.1) is 24.4 Å². The fourth-order valence-electron chi connectivity index (χ4n) is 2.19. The van der Waals surface area contributed by atoms with Crippen molar-refractivity contribution in [3.05, 3.63) is 72.1 Å². The van der Waals surface area contributed by atoms with E-state index in [9.17, 15) is 0 Å². The van der Waals surface area contributed by atoms with Gasteiger partial charge in [-0.2, -0.15) is 10.4 Å². The highest BCUT2D eigenvalue weighted by Gasteiger charge is 2.03. The van der Waals surface area contributed by atoms with Crippen LogP contribution in [0.15, 0.2) is 60.9 Å². The van der Waals surface area contributed by atoms with E-state index in [2.05, 4.69) is 11.2 Å². The monoisotopic (exact) mass is 274 g/mol. The second-order valence-corrected chi connectivity index (χ2v) is 4.86. The van der Waals surface area contributed by atoms with E-state index in [0.717, 1.165) is 22.4 Å². The van der Waals surface area contributed by atoms with Gasteiger partial charge >= 0.3 is 0 Å². The first-order chi connectivity index (χ1) is 10.2. The van der Waals surface area contributed by atoms with Crippen LogP contribution >= 0.6 is 0 Å². The van der Waals surface area contributed by atoms with Crippen molar-refractivity contribution >= 4 is 5.69 Å². The predicted octanol–water partition coefficient (Wildman–Crippen LogP) is 3.05. The van der Waals surface area contributed by atoms with Crippen LogP contribution in [0.2, 0.25) is 0 Å². The second-order valence-electron chi connectivity index (χ2n) is 4.86. The topological polar surface area (TPSA) is 67.6 Å². The molecule has 4 nitrogen and oxygen atoms in total. The third-order valence-electron chi connectivity index (χ3n) is 3.28. The van der Waals surface area contributed by atoms with Crippen molar-refractivity contribution in [2.75, 3.05) is 5.73 Å². The molecule has 3 rings (SSSR count). The molecule has 0 saturated heterocycles. The zero-order valence-corrected chi connectivity index (χ0v) is 11.4. The van der Waals surface area contributed by atoms with E-state index in [1.807, 2.05) is 65.6 Å². The van der Waals surface area contributed by atoms with E-state index < -0.39 is 0 Å². The average Bonchev–Trinajstić information content (AvgIpc) is 2.97. The highest BCUT2D eigenvalue weighted by Crippen LogP contribution is 2.21. The van der Waals surface area contributed by atoms with Crippen molar-refractivity contribution in [1.82, 2.24) is 9.78 Å². The zero-order chi connectivity index (χ0) is 14.7. The van der Waals surface area contributed by atoms with Gasteiger partial charge in [0.1, 0.15) is 0 Å². The van der Waals surface area contributed by atoms with E-state index in [1.54, 1.807) is 0 Å². The van der Waals surface area contributed by atoms with Crippen LogP contribution in [-0.2, 0) is 6.54 Å². The fourth-order valence-corrected chi connectivity index (χ4v) is 2.19. The van der Waals surface area contributed by atoms with Crippen molar-refractivity contribution < 1.29 is 0 Å². The summed E-state index contributed by atoms with van der Waals surface area (Å²) in [5, 5.41) is 13.2. The van der Waals surface area contributed by atoms with Crippen molar-refractivity contribution in [2.24, 2.45) is 0 Å². The molecule has 1 aromatic heterocycles. The lowest BCUT2D eigenvalue weighted by molar-refractivity contribution is 0.687. The quantitative estimate of drug-likeness (QED) is 0.746. The minimum atomic E-state index is 0.666. The Hall–Kier alpha value is -3.06. The standard InChI is InChI=1S/C17H14N4/c18-9-13-4-6-14(7-5-13)11-21-12-16(10-20-21)15-2-1-3-17(19)8-15/h1-8,10,12H,11,19H2. The largest absolute Gasteiger partial charge is 0.399 e. The molecule has 0 spiro atoms. The van der Waals surface area contributed by atoms with Crippen LogP contribution in [-0.4, -0.2) is 9.78 Å². The van der Waals surface area contributed by atoms with E-state index in [0.29, 0.717) is 12.1 Å². The summed E-state index contributed by atoms with van der Waals surface area (Å²) in [6.45, 7) is 0.675. The van der Waals surface area contributed by atoms with Crippen LogP contribution in [0.25, 0.3) is 11.1 Å². The number of anilines is 1. The molecule has 2 N–H and O–H groups in total. The maximum absolute atomic E-state index is 8.79. The molecule has 0 bridgehead atoms. The maximum Gasteiger partial charge on any atom is 0.0991 e. The van der Waals surface area contributed by atoms with Crippen LogP contribution in [0.4, 0.5) is 5.69 Å². The predicted molar refractivity (Wildman–Crippen MR) is 82.3 cm³/mol. The number of aromatic nitrogens is 2. The number of hydrogen-bond acceptors (Lipinski definition) is 3. The molecule has 2 aromatic carbocycles. The van der Waals surface area contributed by atoms with Crippen LogP contribution in [0.1, 0.15) is 11.1 Å². The molecule has 0 fully saturated rings. The molecular formula is C17H14N4. The third-order valence-corrected chi connectivity index (χ3v) is 3.28. The molecule has 0 saturated carbocycles. The lowest BCUT2D eigenvalue weighted by Crippen LogP contribution is -1.99. The molecular weight excluding hydrogens is 260 g/mol. The lowest BCUT2D eigenvalue weighted by atomic mass is 10.1. The fraction of sp³-hybridized carbons (Fsp3) is 0.0588. The van der Waals surface area contributed by atoms with Crippen LogP contribution in [0.5, 0.6) is 0 Å². The van der Waals surface area contributed by atoms with Crippen molar-refractivity contribution in [3.63, 3.8) is 0 Å². The molecule has 1 heterocycles. The van der Waals surface area contributed by atoms with Gasteiger partial charge in [-0.15, -0.1) is 0 Å². The van der Waals surface area contributed by atoms with E-state index in [1.165, 1.54) is 0 Å². The van der Waals surface area contributed by atoms with Gasteiger partial charge in [-0.25, -0.2) is 0 Å². The number of nitrogens with two attached hydrogens (primary N) is 1. The highest BCUT2D eigenvalue weighted by molar-refractivity contribution is 5.65. The summed E-state index contributed by atoms with van der Waals surface area (Å²) in [6.07, 6.45) is 3.82. The van der Waals surface area contributed by atoms with Gasteiger partial charge in [0.2, 0.25) is 0 Å². The first-order valence-corrected chi connectivity index (χ1v) is 6.62. The first kappa shape index (κ1) is 12.9. The van der Waals surface area contributed by atoms with Gasteiger partial charge in [-0.3, -0.25) is 4.68 Å². The van der Waals surface area contributed by atoms with E-state index in [4.69, 9.17) is 11.0 Å². The van der Waals surface area contributed by atoms with Gasteiger partial charge in [0.25, 0.3) is 0 Å². The van der Waals surface area contributed by atoms with Gasteiger partial charge in [-0.05, 0) is 35.4 Å². The summed E-state index contributed by atoms with van der Waals surface area (Å²) in [6, 6.07) is 17.4.